The molecule has 1 aromatic rings. The lowest BCUT2D eigenvalue weighted by molar-refractivity contribution is -0.151. The van der Waals surface area contributed by atoms with Crippen LogP contribution in [0.25, 0.3) is 6.08 Å². The average molecular weight is 330 g/mol. The predicted octanol–water partition coefficient (Wildman–Crippen LogP) is 1.42. The summed E-state index contributed by atoms with van der Waals surface area (Å²) in [5.74, 6) is -1.51. The van der Waals surface area contributed by atoms with Crippen molar-refractivity contribution in [2.24, 2.45) is 5.73 Å². The summed E-state index contributed by atoms with van der Waals surface area (Å²) in [4.78, 5) is 36.7. The van der Waals surface area contributed by atoms with E-state index in [9.17, 15) is 14.4 Å². The van der Waals surface area contributed by atoms with Crippen molar-refractivity contribution in [3.63, 3.8) is 0 Å². The third-order valence-electron chi connectivity index (χ3n) is 3.94. The Morgan fingerprint density at radius 2 is 2.12 bits per heavy atom. The van der Waals surface area contributed by atoms with E-state index in [0.717, 1.165) is 24.0 Å². The minimum atomic E-state index is -0.604. The first-order valence-electron chi connectivity index (χ1n) is 7.97. The van der Waals surface area contributed by atoms with E-state index in [4.69, 9.17) is 10.5 Å². The highest BCUT2D eigenvalue weighted by Crippen LogP contribution is 2.17. The zero-order valence-corrected chi connectivity index (χ0v) is 13.7. The topological polar surface area (TPSA) is 89.7 Å². The molecule has 1 saturated heterocycles. The molecule has 0 radical (unpaired) electrons. The van der Waals surface area contributed by atoms with E-state index in [0.29, 0.717) is 13.0 Å². The van der Waals surface area contributed by atoms with Crippen molar-refractivity contribution in [3.8, 4) is 0 Å². The summed E-state index contributed by atoms with van der Waals surface area (Å²) in [6.07, 6.45) is 5.14. The molecule has 2 amide bonds. The van der Waals surface area contributed by atoms with Gasteiger partial charge >= 0.3 is 5.97 Å². The molecule has 6 nitrogen and oxygen atoms in total. The molecule has 1 fully saturated rings. The first-order valence-corrected chi connectivity index (χ1v) is 7.97. The Hall–Kier alpha value is -2.63. The fourth-order valence-electron chi connectivity index (χ4n) is 2.73. The third-order valence-corrected chi connectivity index (χ3v) is 3.94. The Morgan fingerprint density at radius 1 is 1.33 bits per heavy atom. The van der Waals surface area contributed by atoms with E-state index >= 15 is 0 Å². The molecule has 2 rings (SSSR count). The molecule has 2 N–H and O–H groups in total. The summed E-state index contributed by atoms with van der Waals surface area (Å²) in [5.41, 5.74) is 7.29. The molecule has 1 aliphatic rings. The van der Waals surface area contributed by atoms with Gasteiger partial charge in [0.05, 0.1) is 0 Å². The number of nitrogens with two attached hydrogens (primary N) is 1. The monoisotopic (exact) mass is 330 g/mol. The first-order chi connectivity index (χ1) is 11.5. The van der Waals surface area contributed by atoms with Crippen LogP contribution in [0.2, 0.25) is 0 Å². The van der Waals surface area contributed by atoms with E-state index in [1.807, 2.05) is 31.2 Å². The number of piperidine rings is 1. The minimum absolute atomic E-state index is 0.388. The molecular formula is C18H22N2O4. The van der Waals surface area contributed by atoms with Gasteiger partial charge in [0.25, 0.3) is 5.91 Å². The van der Waals surface area contributed by atoms with E-state index in [1.54, 1.807) is 6.08 Å². The number of rotatable bonds is 5. The number of benzene rings is 1. The van der Waals surface area contributed by atoms with E-state index in [2.05, 4.69) is 0 Å². The van der Waals surface area contributed by atoms with Crippen LogP contribution >= 0.6 is 0 Å². The van der Waals surface area contributed by atoms with Gasteiger partial charge in [-0.2, -0.15) is 0 Å². The molecule has 0 spiro atoms. The number of nitrogens with zero attached hydrogens (tertiary/aromatic N) is 1. The fourth-order valence-corrected chi connectivity index (χ4v) is 2.73. The van der Waals surface area contributed by atoms with Crippen LogP contribution in [0.4, 0.5) is 0 Å². The standard InChI is InChI=1S/C18H22N2O4/c1-13-5-4-6-14(11-13)8-9-17(22)24-12-16(21)20-10-3-2-7-15(20)18(19)23/h4-6,8-9,11,15H,2-3,7,10,12H2,1H3,(H2,19,23)/b9-8+/t15-/m1/s1. The van der Waals surface area contributed by atoms with Crippen LogP contribution in [0.1, 0.15) is 30.4 Å². The molecule has 0 unspecified atom stereocenters. The normalized spacial score (nSPS) is 17.7. The second-order valence-corrected chi connectivity index (χ2v) is 5.86. The third kappa shape index (κ3) is 4.94. The number of amides is 2. The molecule has 0 aliphatic carbocycles. The summed E-state index contributed by atoms with van der Waals surface area (Å²) < 4.78 is 4.97. The number of primary amides is 1. The predicted molar refractivity (Wildman–Crippen MR) is 89.7 cm³/mol. The van der Waals surface area contributed by atoms with Crippen LogP contribution in [0.3, 0.4) is 0 Å². The van der Waals surface area contributed by atoms with Crippen LogP contribution in [-0.4, -0.2) is 41.9 Å². The van der Waals surface area contributed by atoms with Gasteiger partial charge in [0.15, 0.2) is 6.61 Å². The van der Waals surface area contributed by atoms with Crippen molar-refractivity contribution in [1.29, 1.82) is 0 Å². The lowest BCUT2D eigenvalue weighted by atomic mass is 10.0. The second kappa shape index (κ2) is 8.29. The van der Waals surface area contributed by atoms with Crippen LogP contribution in [0.5, 0.6) is 0 Å². The van der Waals surface area contributed by atoms with Crippen molar-refractivity contribution in [2.45, 2.75) is 32.2 Å². The van der Waals surface area contributed by atoms with Crippen molar-refractivity contribution in [3.05, 3.63) is 41.5 Å². The number of esters is 1. The largest absolute Gasteiger partial charge is 0.452 e. The number of hydrogen-bond acceptors (Lipinski definition) is 4. The highest BCUT2D eigenvalue weighted by molar-refractivity contribution is 5.91. The number of ether oxygens (including phenoxy) is 1. The van der Waals surface area contributed by atoms with Gasteiger partial charge in [0, 0.05) is 12.6 Å². The molecule has 1 aromatic carbocycles. The SMILES string of the molecule is Cc1cccc(/C=C/C(=O)OCC(=O)N2CCCC[C@@H]2C(N)=O)c1. The maximum atomic E-state index is 12.2. The lowest BCUT2D eigenvalue weighted by Crippen LogP contribution is -2.51. The Balaban J connectivity index is 1.86. The Labute approximate surface area is 141 Å². The molecule has 6 heteroatoms. The summed E-state index contributed by atoms with van der Waals surface area (Å²) in [6.45, 7) is 2.03. The average Bonchev–Trinajstić information content (AvgIpc) is 2.58. The summed E-state index contributed by atoms with van der Waals surface area (Å²) in [7, 11) is 0. The van der Waals surface area contributed by atoms with Crippen LogP contribution in [0.15, 0.2) is 30.3 Å². The van der Waals surface area contributed by atoms with Crippen molar-refractivity contribution in [2.75, 3.05) is 13.2 Å². The fraction of sp³-hybridized carbons (Fsp3) is 0.389. The van der Waals surface area contributed by atoms with Gasteiger partial charge in [-0.3, -0.25) is 9.59 Å². The maximum Gasteiger partial charge on any atom is 0.331 e. The zero-order chi connectivity index (χ0) is 17.5. The summed E-state index contributed by atoms with van der Waals surface area (Å²) in [6, 6.07) is 7.05. The molecule has 0 saturated carbocycles. The molecule has 1 atom stereocenters. The summed E-state index contributed by atoms with van der Waals surface area (Å²) >= 11 is 0. The van der Waals surface area contributed by atoms with E-state index in [1.165, 1.54) is 11.0 Å². The Kier molecular flexibility index (Phi) is 6.12. The van der Waals surface area contributed by atoms with Gasteiger partial charge in [-0.1, -0.05) is 29.8 Å². The smallest absolute Gasteiger partial charge is 0.331 e. The first kappa shape index (κ1) is 17.7. The highest BCUT2D eigenvalue weighted by atomic mass is 16.5. The van der Waals surface area contributed by atoms with Gasteiger partial charge in [0.2, 0.25) is 5.91 Å². The summed E-state index contributed by atoms with van der Waals surface area (Å²) in [5, 5.41) is 0. The minimum Gasteiger partial charge on any atom is -0.452 e. The van der Waals surface area contributed by atoms with Gasteiger partial charge in [-0.25, -0.2) is 4.79 Å². The van der Waals surface area contributed by atoms with Crippen molar-refractivity contribution < 1.29 is 19.1 Å². The lowest BCUT2D eigenvalue weighted by Gasteiger charge is -2.33. The molecule has 0 bridgehead atoms. The van der Waals surface area contributed by atoms with Crippen LogP contribution in [-0.2, 0) is 19.1 Å². The quantitative estimate of drug-likeness (QED) is 0.653. The van der Waals surface area contributed by atoms with Gasteiger partial charge in [-0.05, 0) is 37.8 Å². The molecule has 1 aliphatic heterocycles. The van der Waals surface area contributed by atoms with Crippen LogP contribution in [0, 0.1) is 6.92 Å². The number of likely N-dealkylation sites (tertiary alicyclic amines) is 1. The van der Waals surface area contributed by atoms with Gasteiger partial charge < -0.3 is 15.4 Å². The van der Waals surface area contributed by atoms with E-state index in [-0.39, 0.29) is 6.61 Å². The second-order valence-electron chi connectivity index (χ2n) is 5.86. The van der Waals surface area contributed by atoms with Gasteiger partial charge in [0.1, 0.15) is 6.04 Å². The van der Waals surface area contributed by atoms with Crippen LogP contribution < -0.4 is 5.73 Å². The Bertz CT molecular complexity index is 654. The number of hydrogen-bond donors (Lipinski definition) is 1. The maximum absolute atomic E-state index is 12.2. The Morgan fingerprint density at radius 3 is 2.83 bits per heavy atom. The molecular weight excluding hydrogens is 308 g/mol. The van der Waals surface area contributed by atoms with Gasteiger partial charge in [-0.15, -0.1) is 0 Å². The number of carbonyl (C=O) groups is 3. The van der Waals surface area contributed by atoms with E-state index < -0.39 is 23.8 Å². The molecule has 1 heterocycles. The zero-order valence-electron chi connectivity index (χ0n) is 13.7. The number of aryl methyl sites for hydroxylation is 1. The molecule has 0 aromatic heterocycles. The molecule has 128 valence electrons. The number of carbonyl (C=O) groups excluding carboxylic acids is 3. The molecule has 24 heavy (non-hydrogen) atoms. The van der Waals surface area contributed by atoms with Crippen molar-refractivity contribution in [1.82, 2.24) is 4.90 Å². The van der Waals surface area contributed by atoms with Crippen molar-refractivity contribution >= 4 is 23.9 Å². The highest BCUT2D eigenvalue weighted by Gasteiger charge is 2.30.